The molecule has 2 fully saturated rings. The maximum absolute atomic E-state index is 13.6. The van der Waals surface area contributed by atoms with Crippen LogP contribution < -0.4 is 0 Å². The Bertz CT molecular complexity index is 713. The maximum atomic E-state index is 13.6. The third-order valence-electron chi connectivity index (χ3n) is 5.85. The lowest BCUT2D eigenvalue weighted by atomic mass is 9.74. The summed E-state index contributed by atoms with van der Waals surface area (Å²) in [5, 5.41) is 3.81. The number of carbonyl (C=O) groups excluding carboxylic acids is 1. The summed E-state index contributed by atoms with van der Waals surface area (Å²) in [7, 11) is 1.27. The summed E-state index contributed by atoms with van der Waals surface area (Å²) in [4.78, 5) is 18.7. The van der Waals surface area contributed by atoms with Crippen molar-refractivity contribution in [2.45, 2.75) is 39.0 Å². The number of amides is 1. The molecule has 0 aromatic heterocycles. The molecule has 0 N–H and O–H groups in total. The Morgan fingerprint density at radius 3 is 2.46 bits per heavy atom. The van der Waals surface area contributed by atoms with E-state index >= 15 is 0 Å². The fraction of sp³-hybridized carbons (Fsp3) is 0.600. The molecule has 28 heavy (non-hydrogen) atoms. The van der Waals surface area contributed by atoms with Crippen LogP contribution in [0.3, 0.4) is 0 Å². The van der Waals surface area contributed by atoms with Crippen molar-refractivity contribution < 1.29 is 27.5 Å². The molecule has 3 rings (SSSR count). The lowest BCUT2D eigenvalue weighted by molar-refractivity contribution is -0.163. The van der Waals surface area contributed by atoms with Crippen molar-refractivity contribution in [1.29, 1.82) is 0 Å². The number of hydrogen-bond donors (Lipinski definition) is 0. The number of ether oxygens (including phenoxy) is 1. The van der Waals surface area contributed by atoms with E-state index in [4.69, 9.17) is 9.57 Å². The van der Waals surface area contributed by atoms with Crippen LogP contribution in [0.5, 0.6) is 0 Å². The molecule has 5 nitrogen and oxygen atoms in total. The highest BCUT2D eigenvalue weighted by Gasteiger charge is 2.60. The van der Waals surface area contributed by atoms with Crippen LogP contribution in [0.2, 0.25) is 0 Å². The molecule has 154 valence electrons. The predicted octanol–water partition coefficient (Wildman–Crippen LogP) is 4.63. The summed E-state index contributed by atoms with van der Waals surface area (Å²) in [6.07, 6.45) is -3.56. The number of benzene rings is 1. The highest BCUT2D eigenvalue weighted by molar-refractivity contribution is 5.95. The first-order valence-electron chi connectivity index (χ1n) is 9.41. The highest BCUT2D eigenvalue weighted by Crippen LogP contribution is 2.54. The van der Waals surface area contributed by atoms with Gasteiger partial charge < -0.3 is 14.5 Å². The van der Waals surface area contributed by atoms with E-state index in [-0.39, 0.29) is 12.3 Å². The molecular formula is C20H25F3N2O3. The van der Waals surface area contributed by atoms with E-state index in [0.717, 1.165) is 5.56 Å². The second-order valence-corrected chi connectivity index (χ2v) is 7.67. The fourth-order valence-corrected chi connectivity index (χ4v) is 4.56. The van der Waals surface area contributed by atoms with Crippen molar-refractivity contribution in [2.75, 3.05) is 20.2 Å². The quantitative estimate of drug-likeness (QED) is 0.698. The Kier molecular flexibility index (Phi) is 5.86. The number of alkyl halides is 3. The minimum absolute atomic E-state index is 0.0762. The Labute approximate surface area is 162 Å². The van der Waals surface area contributed by atoms with E-state index in [2.05, 4.69) is 5.16 Å². The minimum atomic E-state index is -4.36. The number of rotatable bonds is 3. The Morgan fingerprint density at radius 2 is 1.89 bits per heavy atom. The van der Waals surface area contributed by atoms with Crippen molar-refractivity contribution in [2.24, 2.45) is 22.4 Å². The summed E-state index contributed by atoms with van der Waals surface area (Å²) in [6, 6.07) is 9.34. The summed E-state index contributed by atoms with van der Waals surface area (Å²) in [5.41, 5.74) is 0.287. The lowest BCUT2D eigenvalue weighted by Gasteiger charge is -2.39. The van der Waals surface area contributed by atoms with Crippen LogP contribution in [-0.4, -0.2) is 43.1 Å². The second-order valence-electron chi connectivity index (χ2n) is 7.67. The number of oxime groups is 1. The molecule has 1 aromatic carbocycles. The van der Waals surface area contributed by atoms with Gasteiger partial charge in [-0.25, -0.2) is 4.79 Å². The molecule has 0 radical (unpaired) electrons. The Balaban J connectivity index is 1.64. The second kappa shape index (κ2) is 8.01. The molecule has 1 aliphatic carbocycles. The average Bonchev–Trinajstić information content (AvgIpc) is 2.92. The number of carbonyl (C=O) groups is 1. The van der Waals surface area contributed by atoms with Crippen LogP contribution in [-0.2, 0) is 16.2 Å². The van der Waals surface area contributed by atoms with E-state index in [1.165, 1.54) is 7.11 Å². The zero-order chi connectivity index (χ0) is 20.4. The monoisotopic (exact) mass is 398 g/mol. The number of piperidine rings is 1. The number of nitrogens with zero attached hydrogens (tertiary/aromatic N) is 2. The van der Waals surface area contributed by atoms with Crippen molar-refractivity contribution >= 4 is 11.8 Å². The maximum Gasteiger partial charge on any atom is 0.410 e. The first-order valence-corrected chi connectivity index (χ1v) is 9.41. The molecule has 8 heteroatoms. The van der Waals surface area contributed by atoms with E-state index in [1.807, 2.05) is 30.3 Å². The summed E-state index contributed by atoms with van der Waals surface area (Å²) in [5.74, 6) is -2.16. The molecular weight excluding hydrogens is 373 g/mol. The van der Waals surface area contributed by atoms with Gasteiger partial charge in [0.25, 0.3) is 0 Å². The Hall–Kier alpha value is -2.25. The van der Waals surface area contributed by atoms with Crippen LogP contribution in [0.15, 0.2) is 35.5 Å². The summed E-state index contributed by atoms with van der Waals surface area (Å²) < 4.78 is 46.0. The van der Waals surface area contributed by atoms with E-state index in [0.29, 0.717) is 32.4 Å². The van der Waals surface area contributed by atoms with Gasteiger partial charge in [-0.2, -0.15) is 13.2 Å². The van der Waals surface area contributed by atoms with Gasteiger partial charge in [0.1, 0.15) is 13.7 Å². The van der Waals surface area contributed by atoms with Crippen molar-refractivity contribution in [1.82, 2.24) is 4.90 Å². The predicted molar refractivity (Wildman–Crippen MR) is 97.6 cm³/mol. The van der Waals surface area contributed by atoms with Gasteiger partial charge >= 0.3 is 12.3 Å². The molecule has 0 unspecified atom stereocenters. The van der Waals surface area contributed by atoms with Gasteiger partial charge in [-0.15, -0.1) is 0 Å². The average molecular weight is 398 g/mol. The first-order chi connectivity index (χ1) is 13.3. The van der Waals surface area contributed by atoms with Gasteiger partial charge in [0.15, 0.2) is 0 Å². The van der Waals surface area contributed by atoms with Gasteiger partial charge in [0, 0.05) is 18.5 Å². The SMILES string of the molecule is CON=C1[C@H](C(F)(F)F)[C@H](C)CC12CCN(C(=O)OCc1ccccc1)CC2. The molecule has 1 amide bonds. The molecule has 2 aliphatic rings. The largest absolute Gasteiger partial charge is 0.445 e. The van der Waals surface area contributed by atoms with Gasteiger partial charge in [0.2, 0.25) is 0 Å². The lowest BCUT2D eigenvalue weighted by Crippen LogP contribution is -2.46. The van der Waals surface area contributed by atoms with Crippen LogP contribution in [0.25, 0.3) is 0 Å². The topological polar surface area (TPSA) is 51.1 Å². The molecule has 1 saturated heterocycles. The molecule has 1 aliphatic heterocycles. The molecule has 1 heterocycles. The highest BCUT2D eigenvalue weighted by atomic mass is 19.4. The number of likely N-dealkylation sites (tertiary alicyclic amines) is 1. The van der Waals surface area contributed by atoms with Crippen LogP contribution in [0.4, 0.5) is 18.0 Å². The summed E-state index contributed by atoms with van der Waals surface area (Å²) >= 11 is 0. The Morgan fingerprint density at radius 1 is 1.25 bits per heavy atom. The minimum Gasteiger partial charge on any atom is -0.445 e. The first kappa shape index (κ1) is 20.5. The smallest absolute Gasteiger partial charge is 0.410 e. The van der Waals surface area contributed by atoms with Gasteiger partial charge in [0.05, 0.1) is 11.6 Å². The molecule has 1 saturated carbocycles. The van der Waals surface area contributed by atoms with Crippen molar-refractivity contribution in [3.05, 3.63) is 35.9 Å². The van der Waals surface area contributed by atoms with Crippen LogP contribution >= 0.6 is 0 Å². The zero-order valence-electron chi connectivity index (χ0n) is 16.0. The van der Waals surface area contributed by atoms with Crippen LogP contribution in [0.1, 0.15) is 31.7 Å². The molecule has 1 spiro atoms. The summed E-state index contributed by atoms with van der Waals surface area (Å²) in [6.45, 7) is 2.46. The number of halogens is 3. The van der Waals surface area contributed by atoms with E-state index in [1.54, 1.807) is 11.8 Å². The normalized spacial score (nSPS) is 25.9. The third kappa shape index (κ3) is 4.10. The van der Waals surface area contributed by atoms with Crippen molar-refractivity contribution in [3.8, 4) is 0 Å². The van der Waals surface area contributed by atoms with Gasteiger partial charge in [-0.05, 0) is 30.7 Å². The molecule has 0 bridgehead atoms. The molecule has 1 aromatic rings. The van der Waals surface area contributed by atoms with Crippen LogP contribution in [0, 0.1) is 17.3 Å². The standard InChI is InChI=1S/C20H25F3N2O3/c1-14-12-19(17(24-27-2)16(14)20(21,22)23)8-10-25(11-9-19)18(26)28-13-15-6-4-3-5-7-15/h3-7,14,16H,8-13H2,1-2H3/t14-,16-/m1/s1. The van der Waals surface area contributed by atoms with Gasteiger partial charge in [-0.1, -0.05) is 42.4 Å². The van der Waals surface area contributed by atoms with Crippen molar-refractivity contribution in [3.63, 3.8) is 0 Å². The van der Waals surface area contributed by atoms with Gasteiger partial charge in [-0.3, -0.25) is 0 Å². The third-order valence-corrected chi connectivity index (χ3v) is 5.85. The van der Waals surface area contributed by atoms with E-state index in [9.17, 15) is 18.0 Å². The number of hydrogen-bond acceptors (Lipinski definition) is 4. The van der Waals surface area contributed by atoms with E-state index < -0.39 is 29.5 Å². The zero-order valence-corrected chi connectivity index (χ0v) is 16.0. The fourth-order valence-electron chi connectivity index (χ4n) is 4.56. The molecule has 2 atom stereocenters.